The number of rotatable bonds is 5. The molecule has 0 bridgehead atoms. The fourth-order valence-corrected chi connectivity index (χ4v) is 1.67. The molecule has 0 radical (unpaired) electrons. The Balaban J connectivity index is 2.11. The summed E-state index contributed by atoms with van der Waals surface area (Å²) in [6.07, 6.45) is 6.37. The van der Waals surface area contributed by atoms with Crippen molar-refractivity contribution < 1.29 is 9.53 Å². The van der Waals surface area contributed by atoms with Crippen LogP contribution in [0.1, 0.15) is 22.8 Å². The lowest BCUT2D eigenvalue weighted by Gasteiger charge is -2.03. The number of anilines is 1. The Morgan fingerprint density at radius 3 is 2.75 bits per heavy atom. The highest BCUT2D eigenvalue weighted by atomic mass is 16.5. The zero-order chi connectivity index (χ0) is 14.4. The van der Waals surface area contributed by atoms with Gasteiger partial charge in [0.25, 0.3) is 0 Å². The first-order chi connectivity index (χ1) is 9.69. The molecule has 2 aromatic rings. The summed E-state index contributed by atoms with van der Waals surface area (Å²) >= 11 is 0. The molecule has 0 aliphatic rings. The minimum absolute atomic E-state index is 0.115. The molecule has 0 amide bonds. The summed E-state index contributed by atoms with van der Waals surface area (Å²) in [5.74, 6) is 0.482. The number of carbonyl (C=O) groups is 1. The SMILES string of the molecule is CCOc1cncc(C(=O)/C=C/c2ccc(N)cc2)c1. The van der Waals surface area contributed by atoms with Crippen LogP contribution in [-0.2, 0) is 0 Å². The van der Waals surface area contributed by atoms with Gasteiger partial charge in [0, 0.05) is 17.4 Å². The number of ether oxygens (including phenoxy) is 1. The molecule has 1 heterocycles. The van der Waals surface area contributed by atoms with Crippen LogP contribution in [0.2, 0.25) is 0 Å². The van der Waals surface area contributed by atoms with Gasteiger partial charge in [0.1, 0.15) is 5.75 Å². The number of hydrogen-bond acceptors (Lipinski definition) is 4. The Hall–Kier alpha value is -2.62. The maximum absolute atomic E-state index is 12.0. The second-order valence-corrected chi connectivity index (χ2v) is 4.21. The summed E-state index contributed by atoms with van der Waals surface area (Å²) in [7, 11) is 0. The fourth-order valence-electron chi connectivity index (χ4n) is 1.67. The summed E-state index contributed by atoms with van der Waals surface area (Å²) in [5.41, 5.74) is 7.72. The van der Waals surface area contributed by atoms with Crippen molar-refractivity contribution >= 4 is 17.5 Å². The Morgan fingerprint density at radius 2 is 2.05 bits per heavy atom. The number of allylic oxidation sites excluding steroid dienone is 1. The molecule has 0 aliphatic carbocycles. The van der Waals surface area contributed by atoms with Gasteiger partial charge in [-0.1, -0.05) is 18.2 Å². The summed E-state index contributed by atoms with van der Waals surface area (Å²) in [6, 6.07) is 8.98. The highest BCUT2D eigenvalue weighted by Crippen LogP contribution is 2.13. The third-order valence-corrected chi connectivity index (χ3v) is 2.67. The van der Waals surface area contributed by atoms with E-state index in [1.54, 1.807) is 30.5 Å². The molecule has 0 unspecified atom stereocenters. The second kappa shape index (κ2) is 6.52. The summed E-state index contributed by atoms with van der Waals surface area (Å²) < 4.78 is 5.32. The lowest BCUT2D eigenvalue weighted by Crippen LogP contribution is -1.98. The van der Waals surface area contributed by atoms with Crippen molar-refractivity contribution in [2.45, 2.75) is 6.92 Å². The maximum Gasteiger partial charge on any atom is 0.187 e. The van der Waals surface area contributed by atoms with Gasteiger partial charge in [-0.15, -0.1) is 0 Å². The molecule has 2 rings (SSSR count). The molecule has 0 saturated carbocycles. The van der Waals surface area contributed by atoms with Crippen LogP contribution < -0.4 is 10.5 Å². The average molecular weight is 268 g/mol. The van der Waals surface area contributed by atoms with E-state index in [4.69, 9.17) is 10.5 Å². The van der Waals surface area contributed by atoms with Crippen molar-refractivity contribution in [1.82, 2.24) is 4.98 Å². The molecule has 0 atom stereocenters. The lowest BCUT2D eigenvalue weighted by molar-refractivity contribution is 0.104. The van der Waals surface area contributed by atoms with Crippen molar-refractivity contribution in [3.05, 3.63) is 59.9 Å². The van der Waals surface area contributed by atoms with Gasteiger partial charge in [-0.05, 0) is 36.8 Å². The van der Waals surface area contributed by atoms with E-state index in [9.17, 15) is 4.79 Å². The molecule has 1 aromatic carbocycles. The van der Waals surface area contributed by atoms with Crippen molar-refractivity contribution in [3.63, 3.8) is 0 Å². The van der Waals surface area contributed by atoms with E-state index in [2.05, 4.69) is 4.98 Å². The number of ketones is 1. The van der Waals surface area contributed by atoms with Gasteiger partial charge in [0.05, 0.1) is 12.8 Å². The Kier molecular flexibility index (Phi) is 4.50. The first kappa shape index (κ1) is 13.8. The monoisotopic (exact) mass is 268 g/mol. The van der Waals surface area contributed by atoms with E-state index in [1.807, 2.05) is 19.1 Å². The third-order valence-electron chi connectivity index (χ3n) is 2.67. The van der Waals surface area contributed by atoms with Crippen LogP contribution in [0.15, 0.2) is 48.8 Å². The molecule has 0 fully saturated rings. The third kappa shape index (κ3) is 3.68. The maximum atomic E-state index is 12.0. The summed E-state index contributed by atoms with van der Waals surface area (Å²) in [4.78, 5) is 16.0. The van der Waals surface area contributed by atoms with E-state index in [-0.39, 0.29) is 5.78 Å². The van der Waals surface area contributed by atoms with E-state index in [1.165, 1.54) is 12.3 Å². The number of aromatic nitrogens is 1. The molecule has 4 heteroatoms. The normalized spacial score (nSPS) is 10.7. The predicted octanol–water partition coefficient (Wildman–Crippen LogP) is 2.96. The molecule has 2 N–H and O–H groups in total. The predicted molar refractivity (Wildman–Crippen MR) is 79.6 cm³/mol. The second-order valence-electron chi connectivity index (χ2n) is 4.21. The van der Waals surface area contributed by atoms with Crippen LogP contribution in [0.5, 0.6) is 5.75 Å². The quantitative estimate of drug-likeness (QED) is 0.514. The molecular weight excluding hydrogens is 252 g/mol. The van der Waals surface area contributed by atoms with Crippen LogP contribution in [0, 0.1) is 0 Å². The minimum atomic E-state index is -0.115. The average Bonchev–Trinajstić information content (AvgIpc) is 2.47. The summed E-state index contributed by atoms with van der Waals surface area (Å²) in [5, 5.41) is 0. The van der Waals surface area contributed by atoms with Gasteiger partial charge in [-0.3, -0.25) is 9.78 Å². The number of nitrogens with zero attached hydrogens (tertiary/aromatic N) is 1. The molecule has 4 nitrogen and oxygen atoms in total. The van der Waals surface area contributed by atoms with Gasteiger partial charge >= 0.3 is 0 Å². The lowest BCUT2D eigenvalue weighted by atomic mass is 10.1. The molecule has 20 heavy (non-hydrogen) atoms. The van der Waals surface area contributed by atoms with Crippen LogP contribution in [-0.4, -0.2) is 17.4 Å². The van der Waals surface area contributed by atoms with E-state index >= 15 is 0 Å². The van der Waals surface area contributed by atoms with Crippen molar-refractivity contribution in [2.24, 2.45) is 0 Å². The van der Waals surface area contributed by atoms with E-state index < -0.39 is 0 Å². The van der Waals surface area contributed by atoms with Gasteiger partial charge < -0.3 is 10.5 Å². The van der Waals surface area contributed by atoms with Crippen LogP contribution in [0.25, 0.3) is 6.08 Å². The Bertz CT molecular complexity index is 619. The number of nitrogen functional groups attached to an aromatic ring is 1. The Morgan fingerprint density at radius 1 is 1.30 bits per heavy atom. The zero-order valence-electron chi connectivity index (χ0n) is 11.2. The van der Waals surface area contributed by atoms with Gasteiger partial charge in [-0.25, -0.2) is 0 Å². The number of hydrogen-bond donors (Lipinski definition) is 1. The van der Waals surface area contributed by atoms with E-state index in [0.29, 0.717) is 23.6 Å². The highest BCUT2D eigenvalue weighted by Gasteiger charge is 2.04. The highest BCUT2D eigenvalue weighted by molar-refractivity contribution is 6.06. The van der Waals surface area contributed by atoms with Gasteiger partial charge in [0.15, 0.2) is 5.78 Å². The topological polar surface area (TPSA) is 65.2 Å². The smallest absolute Gasteiger partial charge is 0.187 e. The minimum Gasteiger partial charge on any atom is -0.492 e. The van der Waals surface area contributed by atoms with Crippen molar-refractivity contribution in [2.75, 3.05) is 12.3 Å². The van der Waals surface area contributed by atoms with Crippen LogP contribution in [0.4, 0.5) is 5.69 Å². The summed E-state index contributed by atoms with van der Waals surface area (Å²) in [6.45, 7) is 2.43. The molecular formula is C16H16N2O2. The molecule has 102 valence electrons. The standard InChI is InChI=1S/C16H16N2O2/c1-2-20-15-9-13(10-18-11-15)16(19)8-5-12-3-6-14(17)7-4-12/h3-11H,2,17H2,1H3/b8-5+. The van der Waals surface area contributed by atoms with Crippen LogP contribution in [0.3, 0.4) is 0 Å². The van der Waals surface area contributed by atoms with Gasteiger partial charge in [-0.2, -0.15) is 0 Å². The molecule has 0 aliphatic heterocycles. The largest absolute Gasteiger partial charge is 0.492 e. The molecule has 0 saturated heterocycles. The molecule has 1 aromatic heterocycles. The van der Waals surface area contributed by atoms with Gasteiger partial charge in [0.2, 0.25) is 0 Å². The number of pyridine rings is 1. The van der Waals surface area contributed by atoms with Crippen LogP contribution >= 0.6 is 0 Å². The number of carbonyl (C=O) groups excluding carboxylic acids is 1. The van der Waals surface area contributed by atoms with Crippen molar-refractivity contribution in [1.29, 1.82) is 0 Å². The van der Waals surface area contributed by atoms with Crippen molar-refractivity contribution in [3.8, 4) is 5.75 Å². The fraction of sp³-hybridized carbons (Fsp3) is 0.125. The molecule has 0 spiro atoms. The number of benzene rings is 1. The zero-order valence-corrected chi connectivity index (χ0v) is 11.2. The first-order valence-corrected chi connectivity index (χ1v) is 6.35. The first-order valence-electron chi connectivity index (χ1n) is 6.35. The number of nitrogens with two attached hydrogens (primary N) is 1. The Labute approximate surface area is 117 Å². The van der Waals surface area contributed by atoms with E-state index in [0.717, 1.165) is 5.56 Å².